The lowest BCUT2D eigenvalue weighted by atomic mass is 10.1. The molecule has 0 fully saturated rings. The van der Waals surface area contributed by atoms with Gasteiger partial charge in [-0.2, -0.15) is 9.97 Å². The summed E-state index contributed by atoms with van der Waals surface area (Å²) in [4.78, 5) is 10.8. The van der Waals surface area contributed by atoms with E-state index >= 15 is 0 Å². The smallest absolute Gasteiger partial charge is 0.243 e. The lowest BCUT2D eigenvalue weighted by Crippen LogP contribution is -2.25. The third-order valence-electron chi connectivity index (χ3n) is 5.01. The van der Waals surface area contributed by atoms with Gasteiger partial charge in [-0.15, -0.1) is 0 Å². The van der Waals surface area contributed by atoms with E-state index in [2.05, 4.69) is 9.97 Å². The number of alkyl halides is 2. The van der Waals surface area contributed by atoms with Gasteiger partial charge in [-0.3, -0.25) is 0 Å². The molecule has 0 saturated heterocycles. The second-order valence-electron chi connectivity index (χ2n) is 7.17. The molecule has 0 bridgehead atoms. The van der Waals surface area contributed by atoms with Crippen LogP contribution in [0.1, 0.15) is 16.7 Å². The van der Waals surface area contributed by atoms with Gasteiger partial charge in [0.05, 0.1) is 34.0 Å². The van der Waals surface area contributed by atoms with Gasteiger partial charge < -0.3 is 23.8 Å². The molecule has 33 heavy (non-hydrogen) atoms. The third-order valence-corrected chi connectivity index (χ3v) is 5.01. The molecule has 0 aliphatic heterocycles. The van der Waals surface area contributed by atoms with E-state index in [1.807, 2.05) is 53.4 Å². The number of rotatable bonds is 11. The zero-order chi connectivity index (χ0) is 23.8. The Morgan fingerprint density at radius 1 is 0.697 bits per heavy atom. The van der Waals surface area contributed by atoms with E-state index in [-0.39, 0.29) is 17.3 Å². The molecule has 1 aromatic heterocycles. The van der Waals surface area contributed by atoms with Crippen molar-refractivity contribution in [3.8, 4) is 23.3 Å². The Morgan fingerprint density at radius 3 is 1.45 bits per heavy atom. The fourth-order valence-electron chi connectivity index (χ4n) is 3.34. The molecule has 0 saturated carbocycles. The first-order chi connectivity index (χ1) is 16.0. The van der Waals surface area contributed by atoms with Gasteiger partial charge in [0.15, 0.2) is 0 Å². The second kappa shape index (κ2) is 11.3. The van der Waals surface area contributed by atoms with Crippen LogP contribution in [0, 0.1) is 0 Å². The highest BCUT2D eigenvalue weighted by molar-refractivity contribution is 5.45. The molecule has 0 aliphatic carbocycles. The van der Waals surface area contributed by atoms with Crippen molar-refractivity contribution < 1.29 is 27.7 Å². The number of anilines is 1. The number of hydrogen-bond donors (Lipinski definition) is 0. The van der Waals surface area contributed by atoms with Gasteiger partial charge in [-0.05, 0) is 35.4 Å². The topological polar surface area (TPSA) is 65.9 Å². The Kier molecular flexibility index (Phi) is 8.23. The molecule has 176 valence electrons. The number of benzene rings is 2. The highest BCUT2D eigenvalue weighted by atomic mass is 19.3. The number of methoxy groups -OCH3 is 4. The normalized spacial score (nSPS) is 10.8. The first-order valence-corrected chi connectivity index (χ1v) is 10.2. The Labute approximate surface area is 191 Å². The van der Waals surface area contributed by atoms with Gasteiger partial charge in [-0.1, -0.05) is 24.3 Å². The van der Waals surface area contributed by atoms with E-state index in [0.29, 0.717) is 19.0 Å². The van der Waals surface area contributed by atoms with E-state index < -0.39 is 12.8 Å². The summed E-state index contributed by atoms with van der Waals surface area (Å²) in [5.41, 5.74) is 2.11. The molecule has 3 aromatic rings. The Balaban J connectivity index is 2.00. The maximum absolute atomic E-state index is 13.1. The zero-order valence-electron chi connectivity index (χ0n) is 19.0. The van der Waals surface area contributed by atoms with Crippen LogP contribution in [-0.2, 0) is 19.5 Å². The van der Waals surface area contributed by atoms with E-state index in [1.165, 1.54) is 14.2 Å². The average molecular weight is 459 g/mol. The molecule has 0 atom stereocenters. The Bertz CT molecular complexity index is 956. The van der Waals surface area contributed by atoms with E-state index in [0.717, 1.165) is 22.6 Å². The minimum Gasteiger partial charge on any atom is -0.497 e. The van der Waals surface area contributed by atoms with Crippen molar-refractivity contribution in [3.05, 3.63) is 65.2 Å². The van der Waals surface area contributed by atoms with Gasteiger partial charge >= 0.3 is 0 Å². The second-order valence-corrected chi connectivity index (χ2v) is 7.17. The summed E-state index contributed by atoms with van der Waals surface area (Å²) in [6.45, 7) is 0.910. The maximum atomic E-state index is 13.1. The van der Waals surface area contributed by atoms with Crippen LogP contribution in [0.2, 0.25) is 0 Å². The number of halogens is 2. The van der Waals surface area contributed by atoms with Crippen LogP contribution in [0.5, 0.6) is 23.3 Å². The monoisotopic (exact) mass is 459 g/mol. The predicted octanol–water partition coefficient (Wildman–Crippen LogP) is 4.53. The zero-order valence-corrected chi connectivity index (χ0v) is 19.0. The fraction of sp³-hybridized carbons (Fsp3) is 0.333. The summed E-state index contributed by atoms with van der Waals surface area (Å²) in [6, 6.07) is 15.3. The van der Waals surface area contributed by atoms with E-state index in [4.69, 9.17) is 18.9 Å². The lowest BCUT2D eigenvalue weighted by Gasteiger charge is -2.25. The van der Waals surface area contributed by atoms with Crippen LogP contribution >= 0.6 is 0 Å². The van der Waals surface area contributed by atoms with Gasteiger partial charge in [0, 0.05) is 19.5 Å². The molecular formula is C24H27F2N3O4. The minimum absolute atomic E-state index is 0.0617. The number of ether oxygens (including phenoxy) is 4. The molecule has 0 aliphatic rings. The molecular weight excluding hydrogens is 432 g/mol. The van der Waals surface area contributed by atoms with E-state index in [9.17, 15) is 8.78 Å². The van der Waals surface area contributed by atoms with E-state index in [1.54, 1.807) is 14.2 Å². The summed E-state index contributed by atoms with van der Waals surface area (Å²) in [5, 5.41) is 0. The van der Waals surface area contributed by atoms with Crippen molar-refractivity contribution in [3.63, 3.8) is 0 Å². The van der Waals surface area contributed by atoms with Crippen LogP contribution in [0.3, 0.4) is 0 Å². The van der Waals surface area contributed by atoms with Crippen LogP contribution in [0.4, 0.5) is 14.7 Å². The van der Waals surface area contributed by atoms with Crippen molar-refractivity contribution >= 4 is 5.95 Å². The molecule has 7 nitrogen and oxygen atoms in total. The first-order valence-electron chi connectivity index (χ1n) is 10.2. The summed E-state index contributed by atoms with van der Waals surface area (Å²) in [6.07, 6.45) is -3.15. The molecule has 0 amide bonds. The molecule has 0 spiro atoms. The summed E-state index contributed by atoms with van der Waals surface area (Å²) in [7, 11) is 5.99. The minimum atomic E-state index is -2.59. The van der Waals surface area contributed by atoms with Crippen molar-refractivity contribution in [2.45, 2.75) is 25.9 Å². The van der Waals surface area contributed by atoms with Gasteiger partial charge in [0.1, 0.15) is 11.5 Å². The quantitative estimate of drug-likeness (QED) is 0.418. The Morgan fingerprint density at radius 2 is 1.12 bits per heavy atom. The first kappa shape index (κ1) is 24.0. The number of aromatic nitrogens is 2. The molecule has 9 heteroatoms. The van der Waals surface area contributed by atoms with Crippen molar-refractivity contribution in [2.24, 2.45) is 0 Å². The summed E-state index contributed by atoms with van der Waals surface area (Å²) >= 11 is 0. The molecule has 2 aromatic carbocycles. The summed E-state index contributed by atoms with van der Waals surface area (Å²) < 4.78 is 47.3. The average Bonchev–Trinajstić information content (AvgIpc) is 2.84. The predicted molar refractivity (Wildman–Crippen MR) is 121 cm³/mol. The molecule has 1 heterocycles. The molecule has 0 unspecified atom stereocenters. The highest BCUT2D eigenvalue weighted by Gasteiger charge is 2.23. The van der Waals surface area contributed by atoms with Crippen LogP contribution in [0.25, 0.3) is 0 Å². The molecule has 0 radical (unpaired) electrons. The Hall–Kier alpha value is -3.62. The third kappa shape index (κ3) is 6.21. The van der Waals surface area contributed by atoms with Gasteiger partial charge in [0.25, 0.3) is 0 Å². The summed E-state index contributed by atoms with van der Waals surface area (Å²) in [5.74, 6) is 1.92. The van der Waals surface area contributed by atoms with Crippen LogP contribution in [0.15, 0.2) is 48.5 Å². The maximum Gasteiger partial charge on any atom is 0.243 e. The number of hydrogen-bond acceptors (Lipinski definition) is 7. The molecule has 3 rings (SSSR count). The van der Waals surface area contributed by atoms with Crippen LogP contribution < -0.4 is 23.8 Å². The standard InChI is InChI=1S/C24H27F2N3O4/c1-30-18-9-5-16(6-10-18)14-29(15-17-7-11-19(31-2)12-8-17)24-27-22(32-3)20(13-21(25)26)23(28-24)33-4/h5-12,21H,13-15H2,1-4H3. The lowest BCUT2D eigenvalue weighted by molar-refractivity contribution is 0.146. The van der Waals surface area contributed by atoms with Crippen molar-refractivity contribution in [1.29, 1.82) is 0 Å². The van der Waals surface area contributed by atoms with Crippen LogP contribution in [-0.4, -0.2) is 44.8 Å². The van der Waals surface area contributed by atoms with Crippen molar-refractivity contribution in [2.75, 3.05) is 33.3 Å². The van der Waals surface area contributed by atoms with Gasteiger partial charge in [0.2, 0.25) is 24.1 Å². The fourth-order valence-corrected chi connectivity index (χ4v) is 3.34. The largest absolute Gasteiger partial charge is 0.497 e. The number of nitrogens with zero attached hydrogens (tertiary/aromatic N) is 3. The van der Waals surface area contributed by atoms with Crippen molar-refractivity contribution in [1.82, 2.24) is 9.97 Å². The molecule has 0 N–H and O–H groups in total. The highest BCUT2D eigenvalue weighted by Crippen LogP contribution is 2.31. The van der Waals surface area contributed by atoms with Gasteiger partial charge in [-0.25, -0.2) is 8.78 Å². The SMILES string of the molecule is COc1ccc(CN(Cc2ccc(OC)cc2)c2nc(OC)c(CC(F)F)c(OC)n2)cc1.